The van der Waals surface area contributed by atoms with Gasteiger partial charge in [0, 0.05) is 0 Å². The van der Waals surface area contributed by atoms with Gasteiger partial charge in [-0.25, -0.2) is 4.39 Å². The van der Waals surface area contributed by atoms with Gasteiger partial charge in [0.15, 0.2) is 0 Å². The highest BCUT2D eigenvalue weighted by atomic mass is 19.1. The summed E-state index contributed by atoms with van der Waals surface area (Å²) in [6.07, 6.45) is 4.94. The van der Waals surface area contributed by atoms with Crippen LogP contribution in [-0.2, 0) is 6.42 Å². The minimum Gasteiger partial charge on any atom is -0.207 e. The second kappa shape index (κ2) is 5.62. The van der Waals surface area contributed by atoms with E-state index in [0.29, 0.717) is 0 Å². The van der Waals surface area contributed by atoms with Crippen molar-refractivity contribution in [3.63, 3.8) is 0 Å². The summed E-state index contributed by atoms with van der Waals surface area (Å²) < 4.78 is 13.3. The Morgan fingerprint density at radius 1 is 0.800 bits per heavy atom. The highest BCUT2D eigenvalue weighted by molar-refractivity contribution is 6.07. The molecule has 0 unspecified atom stereocenters. The van der Waals surface area contributed by atoms with E-state index in [-0.39, 0.29) is 5.82 Å². The van der Waals surface area contributed by atoms with Gasteiger partial charge in [0.25, 0.3) is 0 Å². The molecule has 0 aromatic heterocycles. The molecule has 3 aromatic rings. The van der Waals surface area contributed by atoms with Crippen molar-refractivity contribution in [2.75, 3.05) is 0 Å². The fourth-order valence-electron chi connectivity index (χ4n) is 2.83. The summed E-state index contributed by atoms with van der Waals surface area (Å²) in [5, 5.41) is 4.56. The first-order valence-electron chi connectivity index (χ1n) is 7.39. The first kappa shape index (κ1) is 13.1. The van der Waals surface area contributed by atoms with E-state index in [1.165, 1.54) is 41.7 Å². The summed E-state index contributed by atoms with van der Waals surface area (Å²) in [5.41, 5.74) is 1.40. The lowest BCUT2D eigenvalue weighted by atomic mass is 9.98. The number of fused-ring (bicyclic) bond motifs is 3. The van der Waals surface area contributed by atoms with Crippen molar-refractivity contribution in [1.29, 1.82) is 0 Å². The molecule has 20 heavy (non-hydrogen) atoms. The molecule has 0 nitrogen and oxygen atoms in total. The maximum Gasteiger partial charge on any atom is 0.123 e. The van der Waals surface area contributed by atoms with Gasteiger partial charge in [-0.3, -0.25) is 0 Å². The Labute approximate surface area is 119 Å². The van der Waals surface area contributed by atoms with Gasteiger partial charge in [-0.15, -0.1) is 0 Å². The lowest BCUT2D eigenvalue weighted by molar-refractivity contribution is 0.630. The Morgan fingerprint density at radius 3 is 2.25 bits per heavy atom. The standard InChI is InChI=1S/C19H19F/c1-2-3-4-5-14-6-10-18-15(12-14)7-8-16-13-17(20)9-11-19(16)18/h6-13H,2-5H2,1H3. The van der Waals surface area contributed by atoms with Gasteiger partial charge < -0.3 is 0 Å². The van der Waals surface area contributed by atoms with Crippen LogP contribution in [0.2, 0.25) is 0 Å². The maximum absolute atomic E-state index is 13.3. The molecule has 1 heteroatoms. The first-order chi connectivity index (χ1) is 9.78. The fraction of sp³-hybridized carbons (Fsp3) is 0.263. The highest BCUT2D eigenvalue weighted by Gasteiger charge is 2.03. The second-order valence-corrected chi connectivity index (χ2v) is 5.44. The van der Waals surface area contributed by atoms with E-state index in [1.807, 2.05) is 12.1 Å². The van der Waals surface area contributed by atoms with E-state index < -0.39 is 0 Å². The molecule has 0 spiro atoms. The molecule has 0 bridgehead atoms. The molecule has 0 saturated carbocycles. The Balaban J connectivity index is 2.03. The van der Waals surface area contributed by atoms with Crippen LogP contribution in [0.15, 0.2) is 48.5 Å². The predicted molar refractivity (Wildman–Crippen MR) is 84.6 cm³/mol. The number of hydrogen-bond acceptors (Lipinski definition) is 0. The minimum atomic E-state index is -0.173. The summed E-state index contributed by atoms with van der Waals surface area (Å²) in [6, 6.07) is 15.8. The van der Waals surface area contributed by atoms with Crippen molar-refractivity contribution in [3.8, 4) is 0 Å². The highest BCUT2D eigenvalue weighted by Crippen LogP contribution is 2.27. The summed E-state index contributed by atoms with van der Waals surface area (Å²) in [5.74, 6) is -0.173. The third kappa shape index (κ3) is 2.53. The molecular weight excluding hydrogens is 247 g/mol. The van der Waals surface area contributed by atoms with Gasteiger partial charge in [0.1, 0.15) is 5.82 Å². The molecule has 0 fully saturated rings. The zero-order valence-electron chi connectivity index (χ0n) is 11.8. The van der Waals surface area contributed by atoms with Gasteiger partial charge in [0.05, 0.1) is 0 Å². The first-order valence-corrected chi connectivity index (χ1v) is 7.39. The van der Waals surface area contributed by atoms with Crippen LogP contribution in [0.1, 0.15) is 31.7 Å². The molecule has 0 saturated heterocycles. The molecular formula is C19H19F. The van der Waals surface area contributed by atoms with E-state index in [9.17, 15) is 4.39 Å². The summed E-state index contributed by atoms with van der Waals surface area (Å²) >= 11 is 0. The van der Waals surface area contributed by atoms with Crippen LogP contribution in [0.5, 0.6) is 0 Å². The van der Waals surface area contributed by atoms with E-state index >= 15 is 0 Å². The Morgan fingerprint density at radius 2 is 1.50 bits per heavy atom. The second-order valence-electron chi connectivity index (χ2n) is 5.44. The van der Waals surface area contributed by atoms with Crippen molar-refractivity contribution in [2.24, 2.45) is 0 Å². The molecule has 3 aromatic carbocycles. The SMILES string of the molecule is CCCCCc1ccc2c(ccc3cc(F)ccc32)c1. The van der Waals surface area contributed by atoms with Crippen molar-refractivity contribution in [1.82, 2.24) is 0 Å². The molecule has 0 aliphatic heterocycles. The molecule has 0 amide bonds. The zero-order chi connectivity index (χ0) is 13.9. The van der Waals surface area contributed by atoms with E-state index in [0.717, 1.165) is 17.2 Å². The van der Waals surface area contributed by atoms with E-state index in [4.69, 9.17) is 0 Å². The van der Waals surface area contributed by atoms with E-state index in [2.05, 4.69) is 31.2 Å². The van der Waals surface area contributed by atoms with Crippen LogP contribution in [0, 0.1) is 5.82 Å². The number of benzene rings is 3. The average molecular weight is 266 g/mol. The smallest absolute Gasteiger partial charge is 0.123 e. The van der Waals surface area contributed by atoms with Gasteiger partial charge in [0.2, 0.25) is 0 Å². The number of aryl methyl sites for hydroxylation is 1. The molecule has 0 heterocycles. The third-order valence-corrected chi connectivity index (χ3v) is 3.93. The predicted octanol–water partition coefficient (Wildman–Crippen LogP) is 5.86. The number of rotatable bonds is 4. The van der Waals surface area contributed by atoms with Crippen LogP contribution in [0.25, 0.3) is 21.5 Å². The molecule has 0 aliphatic rings. The summed E-state index contributed by atoms with van der Waals surface area (Å²) in [7, 11) is 0. The molecule has 102 valence electrons. The van der Waals surface area contributed by atoms with Gasteiger partial charge in [-0.1, -0.05) is 56.2 Å². The Bertz CT molecular complexity index is 743. The Hall–Kier alpha value is -1.89. The molecule has 3 rings (SSSR count). The summed E-state index contributed by atoms with van der Waals surface area (Å²) in [4.78, 5) is 0. The monoisotopic (exact) mass is 266 g/mol. The quantitative estimate of drug-likeness (QED) is 0.409. The molecule has 0 atom stereocenters. The third-order valence-electron chi connectivity index (χ3n) is 3.93. The van der Waals surface area contributed by atoms with Gasteiger partial charge >= 0.3 is 0 Å². The van der Waals surface area contributed by atoms with Crippen LogP contribution in [0.4, 0.5) is 4.39 Å². The van der Waals surface area contributed by atoms with Crippen LogP contribution < -0.4 is 0 Å². The number of unbranched alkanes of at least 4 members (excludes halogenated alkanes) is 2. The van der Waals surface area contributed by atoms with Crippen molar-refractivity contribution in [2.45, 2.75) is 32.6 Å². The minimum absolute atomic E-state index is 0.173. The normalized spacial score (nSPS) is 11.3. The van der Waals surface area contributed by atoms with Crippen molar-refractivity contribution >= 4 is 21.5 Å². The van der Waals surface area contributed by atoms with Crippen LogP contribution in [-0.4, -0.2) is 0 Å². The molecule has 0 N–H and O–H groups in total. The summed E-state index contributed by atoms with van der Waals surface area (Å²) in [6.45, 7) is 2.23. The fourth-order valence-corrected chi connectivity index (χ4v) is 2.83. The lowest BCUT2D eigenvalue weighted by Gasteiger charge is -2.07. The maximum atomic E-state index is 13.3. The topological polar surface area (TPSA) is 0 Å². The zero-order valence-corrected chi connectivity index (χ0v) is 11.8. The van der Waals surface area contributed by atoms with Crippen LogP contribution >= 0.6 is 0 Å². The van der Waals surface area contributed by atoms with Crippen LogP contribution in [0.3, 0.4) is 0 Å². The Kier molecular flexibility index (Phi) is 3.68. The molecule has 0 radical (unpaired) electrons. The number of hydrogen-bond donors (Lipinski definition) is 0. The number of halogens is 1. The largest absolute Gasteiger partial charge is 0.207 e. The van der Waals surface area contributed by atoms with E-state index in [1.54, 1.807) is 6.07 Å². The average Bonchev–Trinajstić information content (AvgIpc) is 2.47. The van der Waals surface area contributed by atoms with Gasteiger partial charge in [-0.05, 0) is 52.1 Å². The van der Waals surface area contributed by atoms with Crippen molar-refractivity contribution in [3.05, 3.63) is 59.9 Å². The molecule has 0 aliphatic carbocycles. The van der Waals surface area contributed by atoms with Crippen molar-refractivity contribution < 1.29 is 4.39 Å². The lowest BCUT2D eigenvalue weighted by Crippen LogP contribution is -1.86. The van der Waals surface area contributed by atoms with Gasteiger partial charge in [-0.2, -0.15) is 0 Å².